The van der Waals surface area contributed by atoms with E-state index >= 15 is 0 Å². The first-order chi connectivity index (χ1) is 8.31. The molecule has 0 saturated carbocycles. The molecule has 1 rings (SSSR count). The first-order valence-electron chi connectivity index (χ1n) is 6.80. The predicted octanol–water partition coefficient (Wildman–Crippen LogP) is 5.16. The van der Waals surface area contributed by atoms with E-state index in [0.717, 1.165) is 23.4 Å². The van der Waals surface area contributed by atoms with Crippen LogP contribution >= 0.6 is 15.9 Å². The van der Waals surface area contributed by atoms with Crippen LogP contribution in [-0.2, 0) is 0 Å². The lowest BCUT2D eigenvalue weighted by Crippen LogP contribution is -2.24. The van der Waals surface area contributed by atoms with Gasteiger partial charge in [-0.25, -0.2) is 0 Å². The molecule has 2 nitrogen and oxygen atoms in total. The Hall–Kier alpha value is -0.280. The van der Waals surface area contributed by atoms with E-state index in [-0.39, 0.29) is 0 Å². The lowest BCUT2D eigenvalue weighted by Gasteiger charge is -2.26. The van der Waals surface area contributed by atoms with Crippen LogP contribution in [0.3, 0.4) is 0 Å². The molecule has 0 spiro atoms. The molecule has 1 heterocycles. The fourth-order valence-electron chi connectivity index (χ4n) is 2.59. The second-order valence-corrected chi connectivity index (χ2v) is 7.14. The number of halogens is 1. The molecule has 0 aliphatic heterocycles. The van der Waals surface area contributed by atoms with Crippen molar-refractivity contribution < 1.29 is 4.42 Å². The molecule has 1 aromatic heterocycles. The van der Waals surface area contributed by atoms with Gasteiger partial charge in [-0.05, 0) is 58.8 Å². The molecule has 18 heavy (non-hydrogen) atoms. The summed E-state index contributed by atoms with van der Waals surface area (Å²) in [7, 11) is 0. The maximum absolute atomic E-state index is 5.68. The van der Waals surface area contributed by atoms with Gasteiger partial charge in [0.2, 0.25) is 0 Å². The monoisotopic (exact) mass is 315 g/mol. The van der Waals surface area contributed by atoms with Gasteiger partial charge in [-0.1, -0.05) is 34.6 Å². The minimum absolute atomic E-state index is 0.318. The summed E-state index contributed by atoms with van der Waals surface area (Å²) in [6, 6.07) is 4.34. The Bertz CT molecular complexity index is 354. The third-order valence-corrected chi connectivity index (χ3v) is 3.41. The summed E-state index contributed by atoms with van der Waals surface area (Å²) in [5.41, 5.74) is 0.389. The van der Waals surface area contributed by atoms with E-state index < -0.39 is 0 Å². The Balaban J connectivity index is 2.63. The van der Waals surface area contributed by atoms with Crippen LogP contribution in [0.15, 0.2) is 21.2 Å². The molecule has 0 amide bonds. The summed E-state index contributed by atoms with van der Waals surface area (Å²) in [4.78, 5) is 0. The highest BCUT2D eigenvalue weighted by Crippen LogP contribution is 2.31. The average molecular weight is 316 g/mol. The number of nitrogens with one attached hydrogen (secondary N) is 1. The minimum Gasteiger partial charge on any atom is -0.453 e. The highest BCUT2D eigenvalue weighted by Gasteiger charge is 2.21. The number of rotatable bonds is 6. The van der Waals surface area contributed by atoms with Gasteiger partial charge in [-0.15, -0.1) is 0 Å². The van der Waals surface area contributed by atoms with Gasteiger partial charge in [0, 0.05) is 0 Å². The summed E-state index contributed by atoms with van der Waals surface area (Å²) in [5, 5.41) is 3.51. The van der Waals surface area contributed by atoms with Crippen molar-refractivity contribution >= 4 is 15.9 Å². The van der Waals surface area contributed by atoms with Gasteiger partial charge in [0.1, 0.15) is 5.76 Å². The summed E-state index contributed by atoms with van der Waals surface area (Å²) in [6.07, 6.45) is 2.35. The summed E-state index contributed by atoms with van der Waals surface area (Å²) < 4.78 is 6.49. The predicted molar refractivity (Wildman–Crippen MR) is 80.7 cm³/mol. The third kappa shape index (κ3) is 5.57. The zero-order valence-electron chi connectivity index (χ0n) is 12.2. The molecule has 0 aliphatic rings. The molecule has 3 heteroatoms. The molecule has 0 aliphatic carbocycles. The van der Waals surface area contributed by atoms with Crippen LogP contribution in [0.2, 0.25) is 0 Å². The molecular formula is C15H26BrNO. The Morgan fingerprint density at radius 3 is 2.44 bits per heavy atom. The van der Waals surface area contributed by atoms with E-state index in [0.29, 0.717) is 17.4 Å². The average Bonchev–Trinajstić information content (AvgIpc) is 2.61. The maximum Gasteiger partial charge on any atom is 0.169 e. The van der Waals surface area contributed by atoms with Crippen LogP contribution in [0.25, 0.3) is 0 Å². The van der Waals surface area contributed by atoms with Crippen molar-refractivity contribution in [2.24, 2.45) is 11.3 Å². The van der Waals surface area contributed by atoms with Crippen molar-refractivity contribution in [2.45, 2.75) is 53.5 Å². The largest absolute Gasteiger partial charge is 0.453 e. The Labute approximate surface area is 120 Å². The van der Waals surface area contributed by atoms with E-state index in [1.165, 1.54) is 6.42 Å². The van der Waals surface area contributed by atoms with Crippen LogP contribution in [0.5, 0.6) is 0 Å². The summed E-state index contributed by atoms with van der Waals surface area (Å²) >= 11 is 3.37. The van der Waals surface area contributed by atoms with E-state index in [4.69, 9.17) is 4.42 Å². The Morgan fingerprint density at radius 2 is 2.00 bits per heavy atom. The quantitative estimate of drug-likeness (QED) is 0.784. The fourth-order valence-corrected chi connectivity index (χ4v) is 2.91. The van der Waals surface area contributed by atoms with Crippen molar-refractivity contribution in [1.29, 1.82) is 0 Å². The van der Waals surface area contributed by atoms with Crippen molar-refractivity contribution in [1.82, 2.24) is 5.32 Å². The molecule has 0 fully saturated rings. The van der Waals surface area contributed by atoms with E-state index in [9.17, 15) is 0 Å². The molecule has 0 radical (unpaired) electrons. The summed E-state index contributed by atoms with van der Waals surface area (Å²) in [6.45, 7) is 12.3. The maximum atomic E-state index is 5.68. The SMILES string of the molecule is CCNC(CC(C)CC(C)(C)C)c1ccc(Br)o1. The van der Waals surface area contributed by atoms with Crippen LogP contribution in [0.1, 0.15) is 59.3 Å². The second-order valence-electron chi connectivity index (χ2n) is 6.36. The molecule has 1 N–H and O–H groups in total. The number of hydrogen-bond donors (Lipinski definition) is 1. The van der Waals surface area contributed by atoms with Crippen LogP contribution in [0, 0.1) is 11.3 Å². The van der Waals surface area contributed by atoms with Gasteiger partial charge in [-0.3, -0.25) is 0 Å². The van der Waals surface area contributed by atoms with Gasteiger partial charge in [0.15, 0.2) is 4.67 Å². The zero-order chi connectivity index (χ0) is 13.8. The standard InChI is InChI=1S/C15H26BrNO/c1-6-17-12(13-7-8-14(16)18-13)9-11(2)10-15(3,4)5/h7-8,11-12,17H,6,9-10H2,1-5H3. The molecule has 1 aromatic rings. The lowest BCUT2D eigenvalue weighted by molar-refractivity contribution is 0.264. The third-order valence-electron chi connectivity index (χ3n) is 2.99. The van der Waals surface area contributed by atoms with Gasteiger partial charge in [0.05, 0.1) is 6.04 Å². The summed E-state index contributed by atoms with van der Waals surface area (Å²) in [5.74, 6) is 1.71. The highest BCUT2D eigenvalue weighted by molar-refractivity contribution is 9.10. The van der Waals surface area contributed by atoms with Crippen LogP contribution < -0.4 is 5.32 Å². The van der Waals surface area contributed by atoms with Gasteiger partial charge in [0.25, 0.3) is 0 Å². The first kappa shape index (κ1) is 15.8. The molecule has 0 saturated heterocycles. The van der Waals surface area contributed by atoms with E-state index in [2.05, 4.69) is 61.9 Å². The molecule has 2 atom stereocenters. The first-order valence-corrected chi connectivity index (χ1v) is 7.59. The Morgan fingerprint density at radius 1 is 1.33 bits per heavy atom. The smallest absolute Gasteiger partial charge is 0.169 e. The fraction of sp³-hybridized carbons (Fsp3) is 0.733. The van der Waals surface area contributed by atoms with Gasteiger partial charge < -0.3 is 9.73 Å². The van der Waals surface area contributed by atoms with Gasteiger partial charge in [-0.2, -0.15) is 0 Å². The van der Waals surface area contributed by atoms with E-state index in [1.54, 1.807) is 0 Å². The van der Waals surface area contributed by atoms with Crippen molar-refractivity contribution in [3.8, 4) is 0 Å². The number of hydrogen-bond acceptors (Lipinski definition) is 2. The van der Waals surface area contributed by atoms with Crippen molar-refractivity contribution in [2.75, 3.05) is 6.54 Å². The highest BCUT2D eigenvalue weighted by atomic mass is 79.9. The minimum atomic E-state index is 0.318. The van der Waals surface area contributed by atoms with Crippen molar-refractivity contribution in [3.63, 3.8) is 0 Å². The van der Waals surface area contributed by atoms with Crippen molar-refractivity contribution in [3.05, 3.63) is 22.6 Å². The number of furan rings is 1. The van der Waals surface area contributed by atoms with Crippen LogP contribution in [-0.4, -0.2) is 6.54 Å². The Kier molecular flexibility index (Phi) is 5.93. The topological polar surface area (TPSA) is 25.2 Å². The molecule has 0 bridgehead atoms. The normalized spacial score (nSPS) is 15.7. The van der Waals surface area contributed by atoms with Crippen LogP contribution in [0.4, 0.5) is 0 Å². The molecule has 104 valence electrons. The lowest BCUT2D eigenvalue weighted by atomic mass is 9.82. The zero-order valence-corrected chi connectivity index (χ0v) is 13.8. The van der Waals surface area contributed by atoms with Gasteiger partial charge >= 0.3 is 0 Å². The van der Waals surface area contributed by atoms with E-state index in [1.807, 2.05) is 6.07 Å². The molecular weight excluding hydrogens is 290 g/mol. The molecule has 2 unspecified atom stereocenters. The second kappa shape index (κ2) is 6.76. The molecule has 0 aromatic carbocycles.